The maximum Gasteiger partial charge on any atom is 0.323 e. The number of carbonyl (C=O) groups is 1. The summed E-state index contributed by atoms with van der Waals surface area (Å²) in [5.74, 6) is 1.29. The predicted octanol–water partition coefficient (Wildman–Crippen LogP) is 1.69. The van der Waals surface area contributed by atoms with E-state index >= 15 is 0 Å². The van der Waals surface area contributed by atoms with Gasteiger partial charge in [-0.2, -0.15) is 11.8 Å². The number of rotatable bonds is 4. The van der Waals surface area contributed by atoms with E-state index in [1.165, 1.54) is 0 Å². The zero-order valence-electron chi connectivity index (χ0n) is 8.30. The van der Waals surface area contributed by atoms with Gasteiger partial charge in [-0.1, -0.05) is 18.2 Å². The molecule has 1 saturated heterocycles. The zero-order chi connectivity index (χ0) is 10.7. The van der Waals surface area contributed by atoms with Crippen LogP contribution in [-0.2, 0) is 4.79 Å². The van der Waals surface area contributed by atoms with E-state index in [2.05, 4.69) is 0 Å². The molecule has 1 aliphatic rings. The molecule has 1 N–H and O–H groups in total. The lowest BCUT2D eigenvalue weighted by atomic mass is 10.2. The van der Waals surface area contributed by atoms with Gasteiger partial charge in [-0.05, 0) is 12.1 Å². The molecule has 4 heteroatoms. The number of aliphatic carboxylic acids is 1. The van der Waals surface area contributed by atoms with Gasteiger partial charge in [-0.15, -0.1) is 0 Å². The summed E-state index contributed by atoms with van der Waals surface area (Å²) in [7, 11) is 0. The number of nitrogens with zero attached hydrogens (tertiary/aromatic N) is 1. The second-order valence-electron chi connectivity index (χ2n) is 3.55. The quantitative estimate of drug-likeness (QED) is 0.843. The van der Waals surface area contributed by atoms with Crippen LogP contribution in [0.3, 0.4) is 0 Å². The Hall–Kier alpha value is -1.16. The van der Waals surface area contributed by atoms with Crippen LogP contribution >= 0.6 is 11.8 Å². The van der Waals surface area contributed by atoms with Crippen molar-refractivity contribution in [1.82, 2.24) is 0 Å². The molecule has 0 saturated carbocycles. The molecule has 1 aliphatic heterocycles. The molecule has 0 amide bonds. The van der Waals surface area contributed by atoms with Crippen LogP contribution in [0.2, 0.25) is 0 Å². The van der Waals surface area contributed by atoms with Gasteiger partial charge in [0.05, 0.1) is 0 Å². The summed E-state index contributed by atoms with van der Waals surface area (Å²) in [4.78, 5) is 12.8. The second-order valence-corrected chi connectivity index (χ2v) is 4.62. The first-order valence-corrected chi connectivity index (χ1v) is 6.04. The molecule has 0 bridgehead atoms. The lowest BCUT2D eigenvalue weighted by molar-refractivity contribution is -0.135. The van der Waals surface area contributed by atoms with Crippen LogP contribution in [0.15, 0.2) is 30.3 Å². The van der Waals surface area contributed by atoms with Crippen LogP contribution in [0.25, 0.3) is 0 Å². The maximum absolute atomic E-state index is 10.8. The Bertz CT molecular complexity index is 338. The summed E-state index contributed by atoms with van der Waals surface area (Å²) in [6.45, 7) is 0.0925. The van der Waals surface area contributed by atoms with Gasteiger partial charge in [-0.3, -0.25) is 4.79 Å². The average Bonchev–Trinajstić information content (AvgIpc) is 2.15. The van der Waals surface area contributed by atoms with Crippen LogP contribution in [-0.4, -0.2) is 35.2 Å². The Morgan fingerprint density at radius 3 is 2.53 bits per heavy atom. The standard InChI is InChI=1S/C11H13NO2S/c13-11(14)6-12(10-7-15-8-10)9-4-2-1-3-5-9/h1-5,10H,6-8H2,(H,13,14). The SMILES string of the molecule is O=C(O)CN(c1ccccc1)C1CSC1. The molecule has 80 valence electrons. The minimum atomic E-state index is -0.768. The third-order valence-electron chi connectivity index (χ3n) is 2.45. The van der Waals surface area contributed by atoms with Crippen molar-refractivity contribution in [1.29, 1.82) is 0 Å². The monoisotopic (exact) mass is 223 g/mol. The number of thioether (sulfide) groups is 1. The summed E-state index contributed by atoms with van der Waals surface area (Å²) in [5, 5.41) is 8.87. The van der Waals surface area contributed by atoms with Crippen molar-refractivity contribution < 1.29 is 9.90 Å². The molecule has 0 aromatic heterocycles. The fraction of sp³-hybridized carbons (Fsp3) is 0.364. The molecule has 15 heavy (non-hydrogen) atoms. The van der Waals surface area contributed by atoms with Gasteiger partial charge >= 0.3 is 5.97 Å². The minimum absolute atomic E-state index is 0.0925. The van der Waals surface area contributed by atoms with E-state index in [1.807, 2.05) is 47.0 Å². The minimum Gasteiger partial charge on any atom is -0.480 e. The highest BCUT2D eigenvalue weighted by molar-refractivity contribution is 8.00. The molecule has 0 radical (unpaired) electrons. The Labute approximate surface area is 93.1 Å². The summed E-state index contributed by atoms with van der Waals surface area (Å²) < 4.78 is 0. The smallest absolute Gasteiger partial charge is 0.323 e. The second kappa shape index (κ2) is 4.57. The molecule has 0 spiro atoms. The number of hydrogen-bond donors (Lipinski definition) is 1. The first-order valence-electron chi connectivity index (χ1n) is 4.88. The fourth-order valence-corrected chi connectivity index (χ4v) is 2.41. The van der Waals surface area contributed by atoms with Gasteiger partial charge in [-0.25, -0.2) is 0 Å². The summed E-state index contributed by atoms with van der Waals surface area (Å²) in [6, 6.07) is 10.1. The lowest BCUT2D eigenvalue weighted by Crippen LogP contribution is -2.47. The molecule has 0 atom stereocenters. The lowest BCUT2D eigenvalue weighted by Gasteiger charge is -2.37. The Morgan fingerprint density at radius 2 is 2.07 bits per heavy atom. The molecule has 1 heterocycles. The van der Waals surface area contributed by atoms with Crippen molar-refractivity contribution in [3.05, 3.63) is 30.3 Å². The number of hydrogen-bond acceptors (Lipinski definition) is 3. The van der Waals surface area contributed by atoms with Crippen molar-refractivity contribution in [3.63, 3.8) is 0 Å². The first-order chi connectivity index (χ1) is 7.27. The number of anilines is 1. The van der Waals surface area contributed by atoms with E-state index in [0.29, 0.717) is 6.04 Å². The van der Waals surface area contributed by atoms with E-state index in [4.69, 9.17) is 5.11 Å². The van der Waals surface area contributed by atoms with Crippen molar-refractivity contribution >= 4 is 23.4 Å². The number of carboxylic acids is 1. The van der Waals surface area contributed by atoms with Crippen LogP contribution < -0.4 is 4.90 Å². The van der Waals surface area contributed by atoms with E-state index in [1.54, 1.807) is 0 Å². The Kier molecular flexibility index (Phi) is 3.16. The third kappa shape index (κ3) is 2.45. The normalized spacial score (nSPS) is 15.7. The van der Waals surface area contributed by atoms with Crippen LogP contribution in [0.1, 0.15) is 0 Å². The Morgan fingerprint density at radius 1 is 1.40 bits per heavy atom. The van der Waals surface area contributed by atoms with E-state index in [9.17, 15) is 4.79 Å². The molecule has 1 fully saturated rings. The van der Waals surface area contributed by atoms with Gasteiger partial charge < -0.3 is 10.0 Å². The van der Waals surface area contributed by atoms with Crippen molar-refractivity contribution in [3.8, 4) is 0 Å². The van der Waals surface area contributed by atoms with Gasteiger partial charge in [0.15, 0.2) is 0 Å². The highest BCUT2D eigenvalue weighted by atomic mass is 32.2. The molecular formula is C11H13NO2S. The largest absolute Gasteiger partial charge is 0.480 e. The maximum atomic E-state index is 10.8. The van der Waals surface area contributed by atoms with Crippen LogP contribution in [0, 0.1) is 0 Å². The number of para-hydroxylation sites is 1. The van der Waals surface area contributed by atoms with Crippen LogP contribution in [0.5, 0.6) is 0 Å². The summed E-state index contributed by atoms with van der Waals surface area (Å²) >= 11 is 1.86. The van der Waals surface area contributed by atoms with E-state index in [0.717, 1.165) is 17.2 Å². The van der Waals surface area contributed by atoms with Crippen LogP contribution in [0.4, 0.5) is 5.69 Å². The van der Waals surface area contributed by atoms with Gasteiger partial charge in [0.2, 0.25) is 0 Å². The predicted molar refractivity (Wildman–Crippen MR) is 62.5 cm³/mol. The van der Waals surface area contributed by atoms with Gasteiger partial charge in [0.1, 0.15) is 6.54 Å². The number of benzene rings is 1. The topological polar surface area (TPSA) is 40.5 Å². The summed E-state index contributed by atoms with van der Waals surface area (Å²) in [6.07, 6.45) is 0. The number of carboxylic acid groups (broad SMARTS) is 1. The van der Waals surface area contributed by atoms with Gasteiger partial charge in [0, 0.05) is 23.2 Å². The highest BCUT2D eigenvalue weighted by Crippen LogP contribution is 2.27. The van der Waals surface area contributed by atoms with Crippen molar-refractivity contribution in [2.24, 2.45) is 0 Å². The Balaban J connectivity index is 2.14. The van der Waals surface area contributed by atoms with E-state index in [-0.39, 0.29) is 6.54 Å². The molecule has 3 nitrogen and oxygen atoms in total. The molecule has 1 aromatic rings. The molecule has 1 aromatic carbocycles. The third-order valence-corrected chi connectivity index (χ3v) is 3.70. The molecule has 2 rings (SSSR count). The summed E-state index contributed by atoms with van der Waals surface area (Å²) in [5.41, 5.74) is 1.00. The zero-order valence-corrected chi connectivity index (χ0v) is 9.11. The first kappa shape index (κ1) is 10.4. The van der Waals surface area contributed by atoms with Crippen molar-refractivity contribution in [2.75, 3.05) is 23.0 Å². The average molecular weight is 223 g/mol. The van der Waals surface area contributed by atoms with Crippen molar-refractivity contribution in [2.45, 2.75) is 6.04 Å². The fourth-order valence-electron chi connectivity index (χ4n) is 1.60. The van der Waals surface area contributed by atoms with Gasteiger partial charge in [0.25, 0.3) is 0 Å². The molecule has 0 aliphatic carbocycles. The highest BCUT2D eigenvalue weighted by Gasteiger charge is 2.27. The van der Waals surface area contributed by atoms with E-state index < -0.39 is 5.97 Å². The molecule has 0 unspecified atom stereocenters. The molecular weight excluding hydrogens is 210 g/mol.